The van der Waals surface area contributed by atoms with E-state index in [4.69, 9.17) is 21.1 Å². The van der Waals surface area contributed by atoms with Crippen LogP contribution in [-0.2, 0) is 14.3 Å². The van der Waals surface area contributed by atoms with E-state index in [2.05, 4.69) is 15.9 Å². The molecule has 1 aliphatic carbocycles. The van der Waals surface area contributed by atoms with Gasteiger partial charge in [-0.25, -0.2) is 4.90 Å². The first-order valence-electron chi connectivity index (χ1n) is 11.1. The molecule has 180 valence electrons. The summed E-state index contributed by atoms with van der Waals surface area (Å²) in [4.78, 5) is 56.5. The molecule has 3 aliphatic rings. The number of rotatable bonds is 3. The molecule has 36 heavy (non-hydrogen) atoms. The normalized spacial score (nSPS) is 24.0. The molecule has 0 saturated carbocycles. The Morgan fingerprint density at radius 3 is 2.17 bits per heavy atom. The minimum Gasteiger partial charge on any atom is -0.495 e. The monoisotopic (exact) mass is 565 g/mol. The average molecular weight is 567 g/mol. The van der Waals surface area contributed by atoms with Gasteiger partial charge in [0.2, 0.25) is 29.0 Å². The molecule has 3 aromatic carbocycles. The Hall–Kier alpha value is -3.33. The molecule has 9 heteroatoms. The van der Waals surface area contributed by atoms with E-state index in [0.717, 1.165) is 9.37 Å². The van der Waals surface area contributed by atoms with E-state index in [1.807, 2.05) is 0 Å². The molecule has 0 unspecified atom stereocenters. The number of carbonyl (C=O) groups excluding carboxylic acids is 4. The summed E-state index contributed by atoms with van der Waals surface area (Å²) < 4.78 is 12.5. The molecule has 2 fully saturated rings. The predicted molar refractivity (Wildman–Crippen MR) is 133 cm³/mol. The Balaban J connectivity index is 1.56. The van der Waals surface area contributed by atoms with Crippen LogP contribution < -0.4 is 9.64 Å². The molecule has 3 aromatic rings. The number of fused-ring (bicyclic) bond motifs is 3. The van der Waals surface area contributed by atoms with Gasteiger partial charge in [-0.3, -0.25) is 19.2 Å². The molecule has 3 atom stereocenters. The number of Topliss-reactive ketones (excluding diaryl/α,β-unsaturated/α-hetero) is 2. The molecule has 0 aromatic heterocycles. The lowest BCUT2D eigenvalue weighted by Crippen LogP contribution is -2.51. The summed E-state index contributed by atoms with van der Waals surface area (Å²) in [6, 6.07) is 18.0. The fraction of sp³-hybridized carbons (Fsp3) is 0.185. The lowest BCUT2D eigenvalue weighted by Gasteiger charge is -2.27. The summed E-state index contributed by atoms with van der Waals surface area (Å²) in [6.07, 6.45) is -1.00. The molecule has 1 spiro atoms. The van der Waals surface area contributed by atoms with Crippen molar-refractivity contribution in [2.24, 2.45) is 11.8 Å². The zero-order valence-electron chi connectivity index (χ0n) is 18.7. The third-order valence-electron chi connectivity index (χ3n) is 7.10. The van der Waals surface area contributed by atoms with Gasteiger partial charge in [0.15, 0.2) is 0 Å². The highest BCUT2D eigenvalue weighted by atomic mass is 79.9. The average Bonchev–Trinajstić information content (AvgIpc) is 3.44. The Labute approximate surface area is 219 Å². The fourth-order valence-electron chi connectivity index (χ4n) is 5.55. The van der Waals surface area contributed by atoms with Crippen LogP contribution in [-0.4, -0.2) is 36.1 Å². The zero-order valence-corrected chi connectivity index (χ0v) is 21.1. The van der Waals surface area contributed by atoms with Gasteiger partial charge in [-0.15, -0.1) is 0 Å². The summed E-state index contributed by atoms with van der Waals surface area (Å²) in [7, 11) is 1.41. The third-order valence-corrected chi connectivity index (χ3v) is 7.86. The molecule has 7 nitrogen and oxygen atoms in total. The molecule has 0 N–H and O–H groups in total. The van der Waals surface area contributed by atoms with Crippen LogP contribution in [0.25, 0.3) is 0 Å². The predicted octanol–water partition coefficient (Wildman–Crippen LogP) is 4.81. The van der Waals surface area contributed by atoms with Gasteiger partial charge in [-0.05, 0) is 35.9 Å². The maximum atomic E-state index is 14.0. The molecular formula is C27H17BrClNO6. The van der Waals surface area contributed by atoms with Crippen LogP contribution in [0, 0.1) is 11.8 Å². The third kappa shape index (κ3) is 2.95. The van der Waals surface area contributed by atoms with Crippen molar-refractivity contribution < 1.29 is 28.7 Å². The molecule has 0 radical (unpaired) electrons. The van der Waals surface area contributed by atoms with Gasteiger partial charge in [-0.2, -0.15) is 0 Å². The molecule has 2 amide bonds. The van der Waals surface area contributed by atoms with Crippen LogP contribution in [0.4, 0.5) is 5.69 Å². The van der Waals surface area contributed by atoms with Crippen molar-refractivity contribution >= 4 is 56.6 Å². The molecular weight excluding hydrogens is 550 g/mol. The van der Waals surface area contributed by atoms with Crippen LogP contribution in [0.15, 0.2) is 71.2 Å². The van der Waals surface area contributed by atoms with E-state index in [1.54, 1.807) is 48.5 Å². The van der Waals surface area contributed by atoms with E-state index in [9.17, 15) is 19.2 Å². The Morgan fingerprint density at radius 1 is 0.917 bits per heavy atom. The molecule has 0 bridgehead atoms. The second-order valence-electron chi connectivity index (χ2n) is 8.86. The number of carbonyl (C=O) groups is 4. The number of anilines is 1. The SMILES string of the molecule is COc1ccc(Cl)cc1N1C(=O)[C@H]2[C@@H](c3ccc(Br)cc3)OC3(C(=O)c4ccccc4C3=O)[C@@H]2C1=O. The van der Waals surface area contributed by atoms with E-state index in [0.29, 0.717) is 10.6 Å². The zero-order chi connectivity index (χ0) is 25.4. The maximum Gasteiger partial charge on any atom is 0.241 e. The van der Waals surface area contributed by atoms with Crippen LogP contribution in [0.1, 0.15) is 32.4 Å². The van der Waals surface area contributed by atoms with Crippen molar-refractivity contribution in [3.63, 3.8) is 0 Å². The van der Waals surface area contributed by atoms with Crippen molar-refractivity contribution in [2.45, 2.75) is 11.7 Å². The highest BCUT2D eigenvalue weighted by Crippen LogP contribution is 2.58. The summed E-state index contributed by atoms with van der Waals surface area (Å²) >= 11 is 9.58. The van der Waals surface area contributed by atoms with Gasteiger partial charge in [0.1, 0.15) is 5.75 Å². The summed E-state index contributed by atoms with van der Waals surface area (Å²) in [5.41, 5.74) is -1.06. The molecule has 6 rings (SSSR count). The highest BCUT2D eigenvalue weighted by Gasteiger charge is 2.74. The minimum atomic E-state index is -2.14. The maximum absolute atomic E-state index is 14.0. The summed E-state index contributed by atoms with van der Waals surface area (Å²) in [5, 5.41) is 0.291. The first-order valence-corrected chi connectivity index (χ1v) is 12.3. The largest absolute Gasteiger partial charge is 0.495 e. The summed E-state index contributed by atoms with van der Waals surface area (Å²) in [6.45, 7) is 0. The van der Waals surface area contributed by atoms with Crippen molar-refractivity contribution in [1.82, 2.24) is 0 Å². The minimum absolute atomic E-state index is 0.148. The number of halogens is 2. The van der Waals surface area contributed by atoms with Gasteiger partial charge in [0.05, 0.1) is 30.7 Å². The lowest BCUT2D eigenvalue weighted by atomic mass is 9.77. The number of hydrogen-bond donors (Lipinski definition) is 0. The first-order chi connectivity index (χ1) is 17.3. The Kier molecular flexibility index (Phi) is 5.19. The van der Waals surface area contributed by atoms with Gasteiger partial charge in [0, 0.05) is 20.6 Å². The van der Waals surface area contributed by atoms with Crippen LogP contribution in [0.3, 0.4) is 0 Å². The van der Waals surface area contributed by atoms with E-state index < -0.39 is 46.9 Å². The molecule has 2 saturated heterocycles. The van der Waals surface area contributed by atoms with Crippen molar-refractivity contribution in [3.8, 4) is 5.75 Å². The van der Waals surface area contributed by atoms with Gasteiger partial charge in [-0.1, -0.05) is 63.9 Å². The van der Waals surface area contributed by atoms with Gasteiger partial charge >= 0.3 is 0 Å². The van der Waals surface area contributed by atoms with Crippen molar-refractivity contribution in [2.75, 3.05) is 12.0 Å². The van der Waals surface area contributed by atoms with Crippen LogP contribution >= 0.6 is 27.5 Å². The first kappa shape index (κ1) is 23.1. The summed E-state index contributed by atoms with van der Waals surface area (Å²) in [5.74, 6) is -4.73. The standard InChI is InChI=1S/C27H17BrClNO6/c1-35-19-11-10-15(29)12-18(19)30-25(33)20-21(26(30)34)27(36-22(20)13-6-8-14(28)9-7-13)23(31)16-4-2-3-5-17(16)24(27)32/h2-12,20-22H,1H3/t20-,21+,22-/m1/s1. The van der Waals surface area contributed by atoms with Crippen LogP contribution in [0.5, 0.6) is 5.75 Å². The quantitative estimate of drug-likeness (QED) is 0.334. The van der Waals surface area contributed by atoms with Gasteiger partial charge in [0.25, 0.3) is 0 Å². The highest BCUT2D eigenvalue weighted by molar-refractivity contribution is 9.10. The second kappa shape index (κ2) is 8.09. The molecule has 2 heterocycles. The van der Waals surface area contributed by atoms with E-state index >= 15 is 0 Å². The van der Waals surface area contributed by atoms with Crippen LogP contribution in [0.2, 0.25) is 5.02 Å². The van der Waals surface area contributed by atoms with Gasteiger partial charge < -0.3 is 9.47 Å². The number of ether oxygens (including phenoxy) is 2. The number of nitrogens with zero attached hydrogens (tertiary/aromatic N) is 1. The number of imide groups is 1. The number of methoxy groups -OCH3 is 1. The number of benzene rings is 3. The fourth-order valence-corrected chi connectivity index (χ4v) is 5.98. The second-order valence-corrected chi connectivity index (χ2v) is 10.2. The van der Waals surface area contributed by atoms with E-state index in [-0.39, 0.29) is 22.6 Å². The molecule has 2 aliphatic heterocycles. The number of hydrogen-bond acceptors (Lipinski definition) is 6. The lowest BCUT2D eigenvalue weighted by molar-refractivity contribution is -0.127. The Morgan fingerprint density at radius 2 is 1.56 bits per heavy atom. The Bertz CT molecular complexity index is 1450. The van der Waals surface area contributed by atoms with Crippen molar-refractivity contribution in [1.29, 1.82) is 0 Å². The van der Waals surface area contributed by atoms with Crippen molar-refractivity contribution in [3.05, 3.63) is 92.9 Å². The van der Waals surface area contributed by atoms with E-state index in [1.165, 1.54) is 25.3 Å². The number of ketones is 2. The topological polar surface area (TPSA) is 90.0 Å². The smallest absolute Gasteiger partial charge is 0.241 e. The number of amides is 2.